The van der Waals surface area contributed by atoms with Gasteiger partial charge in [0.2, 0.25) is 5.91 Å². The van der Waals surface area contributed by atoms with Crippen LogP contribution in [-0.4, -0.2) is 41.9 Å². The molecule has 1 aromatic rings. The highest BCUT2D eigenvalue weighted by Gasteiger charge is 2.24. The molecule has 0 fully saturated rings. The van der Waals surface area contributed by atoms with Crippen molar-refractivity contribution in [3.63, 3.8) is 0 Å². The van der Waals surface area contributed by atoms with Crippen LogP contribution in [-0.2, 0) is 4.79 Å². The maximum Gasteiger partial charge on any atom is 0.222 e. The van der Waals surface area contributed by atoms with Gasteiger partial charge >= 0.3 is 0 Å². The van der Waals surface area contributed by atoms with E-state index >= 15 is 0 Å². The Kier molecular flexibility index (Phi) is 6.36. The minimum atomic E-state index is -0.0972. The molecule has 0 aromatic heterocycles. The van der Waals surface area contributed by atoms with Crippen LogP contribution >= 0.6 is 15.9 Å². The number of alkyl halides is 1. The van der Waals surface area contributed by atoms with Gasteiger partial charge < -0.3 is 14.4 Å². The third-order valence-electron chi connectivity index (χ3n) is 3.50. The van der Waals surface area contributed by atoms with Crippen molar-refractivity contribution in [1.82, 2.24) is 4.90 Å². The Bertz CT molecular complexity index is 467. The first-order valence-electron chi connectivity index (χ1n) is 7.46. The van der Waals surface area contributed by atoms with Gasteiger partial charge in [0.15, 0.2) is 17.6 Å². The van der Waals surface area contributed by atoms with E-state index in [4.69, 9.17) is 9.47 Å². The van der Waals surface area contributed by atoms with Gasteiger partial charge in [-0.05, 0) is 31.9 Å². The van der Waals surface area contributed by atoms with E-state index in [1.54, 1.807) is 0 Å². The summed E-state index contributed by atoms with van der Waals surface area (Å²) in [6.07, 6.45) is 2.45. The quantitative estimate of drug-likeness (QED) is 0.556. The molecule has 116 valence electrons. The third-order valence-corrected chi connectivity index (χ3v) is 4.06. The Labute approximate surface area is 134 Å². The SMILES string of the molecule is CCN(CC1COc2ccccc2O1)C(=O)CCCCBr. The third kappa shape index (κ3) is 4.63. The van der Waals surface area contributed by atoms with Crippen molar-refractivity contribution in [2.75, 3.05) is 25.0 Å². The van der Waals surface area contributed by atoms with Crippen molar-refractivity contribution in [1.29, 1.82) is 0 Å². The summed E-state index contributed by atoms with van der Waals surface area (Å²) >= 11 is 3.39. The van der Waals surface area contributed by atoms with Crippen LogP contribution in [0.2, 0.25) is 0 Å². The number of amides is 1. The number of unbranched alkanes of at least 4 members (excludes halogenated alkanes) is 1. The summed E-state index contributed by atoms with van der Waals surface area (Å²) in [4.78, 5) is 14.0. The fraction of sp³-hybridized carbons (Fsp3) is 0.562. The molecule has 0 bridgehead atoms. The number of para-hydroxylation sites is 2. The van der Waals surface area contributed by atoms with Crippen molar-refractivity contribution < 1.29 is 14.3 Å². The number of hydrogen-bond donors (Lipinski definition) is 0. The second kappa shape index (κ2) is 8.27. The summed E-state index contributed by atoms with van der Waals surface area (Å²) in [5, 5.41) is 0.947. The molecule has 0 radical (unpaired) electrons. The number of likely N-dealkylation sites (N-methyl/N-ethyl adjacent to an activating group) is 1. The van der Waals surface area contributed by atoms with Crippen molar-refractivity contribution >= 4 is 21.8 Å². The second-order valence-electron chi connectivity index (χ2n) is 5.08. The van der Waals surface area contributed by atoms with E-state index in [9.17, 15) is 4.79 Å². The number of hydrogen-bond acceptors (Lipinski definition) is 3. The molecule has 21 heavy (non-hydrogen) atoms. The molecule has 1 aromatic carbocycles. The molecule has 1 unspecified atom stereocenters. The Hall–Kier alpha value is -1.23. The number of nitrogens with zero attached hydrogens (tertiary/aromatic N) is 1. The van der Waals surface area contributed by atoms with Crippen molar-refractivity contribution in [3.8, 4) is 11.5 Å². The summed E-state index contributed by atoms with van der Waals surface area (Å²) in [7, 11) is 0. The minimum Gasteiger partial charge on any atom is -0.486 e. The van der Waals surface area contributed by atoms with Gasteiger partial charge in [-0.25, -0.2) is 0 Å². The summed E-state index contributed by atoms with van der Waals surface area (Å²) in [6, 6.07) is 7.64. The zero-order chi connectivity index (χ0) is 15.1. The average Bonchev–Trinajstić information content (AvgIpc) is 2.52. The number of carbonyl (C=O) groups excluding carboxylic acids is 1. The van der Waals surface area contributed by atoms with Gasteiger partial charge in [0.25, 0.3) is 0 Å². The smallest absolute Gasteiger partial charge is 0.222 e. The summed E-state index contributed by atoms with van der Waals surface area (Å²) in [5.74, 6) is 1.73. The molecule has 1 amide bonds. The van der Waals surface area contributed by atoms with Crippen LogP contribution in [0.15, 0.2) is 24.3 Å². The standard InChI is InChI=1S/C16H22BrNO3/c1-2-18(16(19)9-5-6-10-17)11-13-12-20-14-7-3-4-8-15(14)21-13/h3-4,7-8,13H,2,5-6,9-12H2,1H3. The van der Waals surface area contributed by atoms with Gasteiger partial charge in [-0.2, -0.15) is 0 Å². The highest BCUT2D eigenvalue weighted by molar-refractivity contribution is 9.09. The molecular formula is C16H22BrNO3. The lowest BCUT2D eigenvalue weighted by Crippen LogP contribution is -2.43. The topological polar surface area (TPSA) is 38.8 Å². The number of carbonyl (C=O) groups is 1. The molecule has 1 aliphatic rings. The Balaban J connectivity index is 1.86. The number of rotatable bonds is 7. The lowest BCUT2D eigenvalue weighted by molar-refractivity contribution is -0.132. The monoisotopic (exact) mass is 355 g/mol. The van der Waals surface area contributed by atoms with E-state index in [1.807, 2.05) is 36.1 Å². The van der Waals surface area contributed by atoms with E-state index < -0.39 is 0 Å². The van der Waals surface area contributed by atoms with Crippen LogP contribution in [0, 0.1) is 0 Å². The molecule has 1 atom stereocenters. The van der Waals surface area contributed by atoms with E-state index in [0.29, 0.717) is 26.1 Å². The molecule has 0 saturated heterocycles. The zero-order valence-corrected chi connectivity index (χ0v) is 14.0. The largest absolute Gasteiger partial charge is 0.486 e. The van der Waals surface area contributed by atoms with Gasteiger partial charge in [0, 0.05) is 18.3 Å². The lowest BCUT2D eigenvalue weighted by Gasteiger charge is -2.31. The first-order valence-corrected chi connectivity index (χ1v) is 8.59. The van der Waals surface area contributed by atoms with E-state index in [-0.39, 0.29) is 12.0 Å². The highest BCUT2D eigenvalue weighted by Crippen LogP contribution is 2.31. The van der Waals surface area contributed by atoms with E-state index in [1.165, 1.54) is 0 Å². The maximum atomic E-state index is 12.2. The fourth-order valence-electron chi connectivity index (χ4n) is 2.33. The molecule has 2 rings (SSSR count). The van der Waals surface area contributed by atoms with E-state index in [0.717, 1.165) is 29.7 Å². The van der Waals surface area contributed by atoms with Crippen molar-refractivity contribution in [3.05, 3.63) is 24.3 Å². The first kappa shape index (κ1) is 16.1. The number of halogens is 1. The van der Waals surface area contributed by atoms with Crippen LogP contribution in [0.5, 0.6) is 11.5 Å². The molecule has 0 N–H and O–H groups in total. The Morgan fingerprint density at radius 2 is 2.10 bits per heavy atom. The van der Waals surface area contributed by atoms with Crippen LogP contribution in [0.25, 0.3) is 0 Å². The Morgan fingerprint density at radius 1 is 1.33 bits per heavy atom. The van der Waals surface area contributed by atoms with Gasteiger partial charge in [-0.3, -0.25) is 4.79 Å². The van der Waals surface area contributed by atoms with Gasteiger partial charge in [-0.1, -0.05) is 28.1 Å². The maximum absolute atomic E-state index is 12.2. The molecular weight excluding hydrogens is 334 g/mol. The van der Waals surface area contributed by atoms with Crippen molar-refractivity contribution in [2.24, 2.45) is 0 Å². The first-order chi connectivity index (χ1) is 10.2. The van der Waals surface area contributed by atoms with Crippen LogP contribution in [0.3, 0.4) is 0 Å². The minimum absolute atomic E-state index is 0.0972. The average molecular weight is 356 g/mol. The van der Waals surface area contributed by atoms with Gasteiger partial charge in [0.05, 0.1) is 6.54 Å². The molecule has 4 nitrogen and oxygen atoms in total. The lowest BCUT2D eigenvalue weighted by atomic mass is 10.2. The molecule has 5 heteroatoms. The molecule has 0 saturated carbocycles. The summed E-state index contributed by atoms with van der Waals surface area (Å²) in [5.41, 5.74) is 0. The van der Waals surface area contributed by atoms with Crippen LogP contribution in [0.4, 0.5) is 0 Å². The number of benzene rings is 1. The van der Waals surface area contributed by atoms with E-state index in [2.05, 4.69) is 15.9 Å². The van der Waals surface area contributed by atoms with Crippen molar-refractivity contribution in [2.45, 2.75) is 32.3 Å². The van der Waals surface area contributed by atoms with Crippen LogP contribution in [0.1, 0.15) is 26.2 Å². The second-order valence-corrected chi connectivity index (χ2v) is 5.87. The molecule has 0 spiro atoms. The predicted molar refractivity (Wildman–Crippen MR) is 86.3 cm³/mol. The van der Waals surface area contributed by atoms with Gasteiger partial charge in [0.1, 0.15) is 6.61 Å². The van der Waals surface area contributed by atoms with Crippen LogP contribution < -0.4 is 9.47 Å². The Morgan fingerprint density at radius 3 is 2.81 bits per heavy atom. The zero-order valence-electron chi connectivity index (χ0n) is 12.4. The summed E-state index contributed by atoms with van der Waals surface area (Å²) < 4.78 is 11.6. The summed E-state index contributed by atoms with van der Waals surface area (Å²) in [6.45, 7) is 3.77. The molecule has 1 aliphatic heterocycles. The predicted octanol–water partition coefficient (Wildman–Crippen LogP) is 3.24. The number of fused-ring (bicyclic) bond motifs is 1. The van der Waals surface area contributed by atoms with Gasteiger partial charge in [-0.15, -0.1) is 0 Å². The fourth-order valence-corrected chi connectivity index (χ4v) is 2.73. The normalized spacial score (nSPS) is 16.6. The number of ether oxygens (including phenoxy) is 2. The molecule has 1 heterocycles. The molecule has 0 aliphatic carbocycles. The highest BCUT2D eigenvalue weighted by atomic mass is 79.9.